The molecule has 0 aliphatic carbocycles. The van der Waals surface area contributed by atoms with E-state index in [1.54, 1.807) is 6.92 Å². The van der Waals surface area contributed by atoms with Gasteiger partial charge in [0, 0.05) is 14.2 Å². The highest BCUT2D eigenvalue weighted by Gasteiger charge is 2.25. The van der Waals surface area contributed by atoms with Crippen LogP contribution in [-0.4, -0.2) is 35.0 Å². The third-order valence-corrected chi connectivity index (χ3v) is 4.44. The van der Waals surface area contributed by atoms with Crippen LogP contribution in [0, 0.1) is 5.82 Å². The maximum atomic E-state index is 12.9. The Morgan fingerprint density at radius 1 is 1.32 bits per heavy atom. The van der Waals surface area contributed by atoms with Gasteiger partial charge in [0.25, 0.3) is 0 Å². The van der Waals surface area contributed by atoms with Crippen molar-refractivity contribution in [3.8, 4) is 0 Å². The average Bonchev–Trinajstić information content (AvgIpc) is 2.29. The lowest BCUT2D eigenvalue weighted by molar-refractivity contribution is -0.115. The first-order chi connectivity index (χ1) is 8.81. The average molecular weight is 312 g/mol. The lowest BCUT2D eigenvalue weighted by atomic mass is 10.3. The number of hydrogen-bond acceptors (Lipinski definition) is 4. The van der Waals surface area contributed by atoms with Gasteiger partial charge in [0.05, 0.1) is 11.1 Å². The summed E-state index contributed by atoms with van der Waals surface area (Å²) in [6.07, 6.45) is -0.742. The third-order valence-electron chi connectivity index (χ3n) is 2.40. The Balaban J connectivity index is 2.98. The molecule has 0 amide bonds. The molecule has 1 rings (SSSR count). The predicted octanol–water partition coefficient (Wildman–Crippen LogP) is 1.76. The Morgan fingerprint density at radius 3 is 2.37 bits per heavy atom. The molecule has 0 bridgehead atoms. The first-order valence-corrected chi connectivity index (χ1v) is 7.21. The van der Waals surface area contributed by atoms with E-state index in [0.29, 0.717) is 0 Å². The van der Waals surface area contributed by atoms with Crippen LogP contribution in [-0.2, 0) is 19.5 Å². The molecular weight excluding hydrogens is 297 g/mol. The van der Waals surface area contributed by atoms with Crippen molar-refractivity contribution in [1.29, 1.82) is 0 Å². The molecule has 8 heteroatoms. The smallest absolute Gasteiger partial charge is 0.242 e. The largest absolute Gasteiger partial charge is 0.354 e. The summed E-state index contributed by atoms with van der Waals surface area (Å²) in [4.78, 5) is -0.201. The normalized spacial score (nSPS) is 13.8. The Hall–Kier alpha value is -0.730. The third kappa shape index (κ3) is 4.12. The summed E-state index contributed by atoms with van der Waals surface area (Å²) in [5, 5.41) is -0.189. The molecule has 0 saturated heterocycles. The van der Waals surface area contributed by atoms with Gasteiger partial charge in [-0.3, -0.25) is 0 Å². The minimum absolute atomic E-state index is 0.189. The fourth-order valence-electron chi connectivity index (χ4n) is 1.56. The second-order valence-corrected chi connectivity index (χ2v) is 5.91. The molecule has 1 aromatic carbocycles. The lowest BCUT2D eigenvalue weighted by Gasteiger charge is -2.22. The Bertz CT molecular complexity index is 533. The van der Waals surface area contributed by atoms with E-state index in [1.165, 1.54) is 14.2 Å². The highest BCUT2D eigenvalue weighted by molar-refractivity contribution is 7.89. The Kier molecular flexibility index (Phi) is 5.69. The highest BCUT2D eigenvalue weighted by atomic mass is 35.5. The molecule has 0 fully saturated rings. The molecule has 0 saturated carbocycles. The summed E-state index contributed by atoms with van der Waals surface area (Å²) in [6, 6.07) is 2.42. The van der Waals surface area contributed by atoms with Crippen molar-refractivity contribution < 1.29 is 22.3 Å². The Labute approximate surface area is 116 Å². The van der Waals surface area contributed by atoms with E-state index in [9.17, 15) is 12.8 Å². The van der Waals surface area contributed by atoms with Crippen LogP contribution in [0.3, 0.4) is 0 Å². The van der Waals surface area contributed by atoms with Gasteiger partial charge < -0.3 is 9.47 Å². The van der Waals surface area contributed by atoms with Gasteiger partial charge in [-0.2, -0.15) is 0 Å². The van der Waals surface area contributed by atoms with Crippen LogP contribution in [0.15, 0.2) is 23.1 Å². The van der Waals surface area contributed by atoms with Gasteiger partial charge in [-0.05, 0) is 25.1 Å². The fraction of sp³-hybridized carbons (Fsp3) is 0.455. The van der Waals surface area contributed by atoms with Gasteiger partial charge in [0.1, 0.15) is 10.7 Å². The SMILES string of the molecule is COC(OC)C(C)NS(=O)(=O)c1ccc(F)cc1Cl. The molecule has 1 N–H and O–H groups in total. The zero-order valence-electron chi connectivity index (χ0n) is 10.7. The van der Waals surface area contributed by atoms with Crippen LogP contribution >= 0.6 is 11.6 Å². The number of benzene rings is 1. The van der Waals surface area contributed by atoms with Crippen molar-refractivity contribution in [2.24, 2.45) is 0 Å². The number of halogens is 2. The van der Waals surface area contributed by atoms with Crippen LogP contribution in [0.4, 0.5) is 4.39 Å². The summed E-state index contributed by atoms with van der Waals surface area (Å²) in [5.74, 6) is -0.608. The van der Waals surface area contributed by atoms with Crippen LogP contribution in [0.5, 0.6) is 0 Å². The van der Waals surface area contributed by atoms with Crippen molar-refractivity contribution >= 4 is 21.6 Å². The number of methoxy groups -OCH3 is 2. The van der Waals surface area contributed by atoms with E-state index in [1.807, 2.05) is 0 Å². The molecule has 0 spiro atoms. The van der Waals surface area contributed by atoms with Crippen molar-refractivity contribution in [1.82, 2.24) is 4.72 Å². The Morgan fingerprint density at radius 2 is 1.89 bits per heavy atom. The highest BCUT2D eigenvalue weighted by Crippen LogP contribution is 2.22. The monoisotopic (exact) mass is 311 g/mol. The van der Waals surface area contributed by atoms with Crippen LogP contribution in [0.25, 0.3) is 0 Å². The van der Waals surface area contributed by atoms with E-state index in [-0.39, 0.29) is 9.92 Å². The van der Waals surface area contributed by atoms with Gasteiger partial charge in [0.2, 0.25) is 10.0 Å². The van der Waals surface area contributed by atoms with Gasteiger partial charge in [-0.1, -0.05) is 11.6 Å². The van der Waals surface area contributed by atoms with Gasteiger partial charge in [-0.25, -0.2) is 17.5 Å². The van der Waals surface area contributed by atoms with Gasteiger partial charge >= 0.3 is 0 Å². The minimum atomic E-state index is -3.88. The van der Waals surface area contributed by atoms with E-state index in [0.717, 1.165) is 18.2 Å². The zero-order valence-corrected chi connectivity index (χ0v) is 12.3. The van der Waals surface area contributed by atoms with Crippen LogP contribution < -0.4 is 4.72 Å². The predicted molar refractivity (Wildman–Crippen MR) is 69.0 cm³/mol. The molecule has 1 unspecified atom stereocenters. The molecule has 0 aliphatic rings. The second kappa shape index (κ2) is 6.62. The maximum absolute atomic E-state index is 12.9. The first-order valence-electron chi connectivity index (χ1n) is 5.34. The summed E-state index contributed by atoms with van der Waals surface area (Å²) < 4.78 is 49.3. The maximum Gasteiger partial charge on any atom is 0.242 e. The summed E-state index contributed by atoms with van der Waals surface area (Å²) in [6.45, 7) is 1.58. The summed E-state index contributed by atoms with van der Waals surface area (Å²) >= 11 is 5.72. The van der Waals surface area contributed by atoms with Crippen LogP contribution in [0.1, 0.15) is 6.92 Å². The van der Waals surface area contributed by atoms with Crippen molar-refractivity contribution in [3.63, 3.8) is 0 Å². The minimum Gasteiger partial charge on any atom is -0.354 e. The zero-order chi connectivity index (χ0) is 14.6. The number of ether oxygens (including phenoxy) is 2. The van der Waals surface area contributed by atoms with Crippen molar-refractivity contribution in [3.05, 3.63) is 29.0 Å². The lowest BCUT2D eigenvalue weighted by Crippen LogP contribution is -2.42. The van der Waals surface area contributed by atoms with E-state index in [2.05, 4.69) is 4.72 Å². The van der Waals surface area contributed by atoms with E-state index < -0.39 is 28.2 Å². The molecule has 0 aromatic heterocycles. The molecule has 19 heavy (non-hydrogen) atoms. The van der Waals surface area contributed by atoms with E-state index in [4.69, 9.17) is 21.1 Å². The van der Waals surface area contributed by atoms with Crippen LogP contribution in [0.2, 0.25) is 5.02 Å². The fourth-order valence-corrected chi connectivity index (χ4v) is 3.32. The second-order valence-electron chi connectivity index (χ2n) is 3.82. The summed E-state index contributed by atoms with van der Waals surface area (Å²) in [7, 11) is -1.10. The molecular formula is C11H15ClFNO4S. The molecule has 0 heterocycles. The molecule has 1 aromatic rings. The van der Waals surface area contributed by atoms with Gasteiger partial charge in [0.15, 0.2) is 6.29 Å². The summed E-state index contributed by atoms with van der Waals surface area (Å²) in [5.41, 5.74) is 0. The van der Waals surface area contributed by atoms with Crippen molar-refractivity contribution in [2.75, 3.05) is 14.2 Å². The molecule has 1 atom stereocenters. The molecule has 0 radical (unpaired) electrons. The van der Waals surface area contributed by atoms with E-state index >= 15 is 0 Å². The topological polar surface area (TPSA) is 64.6 Å². The standard InChI is InChI=1S/C11H15ClFNO4S/c1-7(11(17-2)18-3)14-19(15,16)10-5-4-8(13)6-9(10)12/h4-7,11,14H,1-3H3. The van der Waals surface area contributed by atoms with Crippen molar-refractivity contribution in [2.45, 2.75) is 24.2 Å². The quantitative estimate of drug-likeness (QED) is 0.813. The number of nitrogens with one attached hydrogen (secondary N) is 1. The molecule has 0 aliphatic heterocycles. The van der Waals surface area contributed by atoms with Gasteiger partial charge in [-0.15, -0.1) is 0 Å². The molecule has 5 nitrogen and oxygen atoms in total. The first kappa shape index (κ1) is 16.3. The number of sulfonamides is 1. The number of hydrogen-bond donors (Lipinski definition) is 1. The number of rotatable bonds is 6. The molecule has 108 valence electrons.